The maximum absolute atomic E-state index is 5.40. The molecule has 0 N–H and O–H groups in total. The van der Waals surface area contributed by atoms with Gasteiger partial charge in [0.15, 0.2) is 0 Å². The smallest absolute Gasteiger partial charge is 0.132 e. The molecule has 0 bridgehead atoms. The molecule has 1 aromatic rings. The summed E-state index contributed by atoms with van der Waals surface area (Å²) >= 11 is 2.33. The molecule has 0 aliphatic heterocycles. The van der Waals surface area contributed by atoms with Crippen LogP contribution in [0, 0.1) is 3.57 Å². The number of benzene rings is 1. The van der Waals surface area contributed by atoms with E-state index in [0.29, 0.717) is 0 Å². The van der Waals surface area contributed by atoms with E-state index in [4.69, 9.17) is 4.74 Å². The molecule has 0 spiro atoms. The van der Waals surface area contributed by atoms with Gasteiger partial charge in [0.1, 0.15) is 5.75 Å². The second kappa shape index (κ2) is 15.0. The minimum Gasteiger partial charge on any atom is -0.496 e. The summed E-state index contributed by atoms with van der Waals surface area (Å²) in [6, 6.07) is 6.60. The van der Waals surface area contributed by atoms with Crippen LogP contribution in [0.1, 0.15) is 96.0 Å². The van der Waals surface area contributed by atoms with E-state index in [2.05, 4.69) is 47.7 Å². The zero-order valence-electron chi connectivity index (χ0n) is 15.9. The van der Waals surface area contributed by atoms with Crippen LogP contribution in [0.5, 0.6) is 5.75 Å². The zero-order valence-corrected chi connectivity index (χ0v) is 18.1. The third kappa shape index (κ3) is 10.6. The van der Waals surface area contributed by atoms with Crippen LogP contribution in [-0.2, 0) is 6.42 Å². The molecule has 138 valence electrons. The van der Waals surface area contributed by atoms with Crippen molar-refractivity contribution in [1.29, 1.82) is 0 Å². The predicted molar refractivity (Wildman–Crippen MR) is 115 cm³/mol. The molecule has 1 nitrogen and oxygen atoms in total. The summed E-state index contributed by atoms with van der Waals surface area (Å²) in [7, 11) is 1.76. The van der Waals surface area contributed by atoms with Crippen molar-refractivity contribution in [2.75, 3.05) is 7.11 Å². The maximum atomic E-state index is 5.40. The highest BCUT2D eigenvalue weighted by atomic mass is 127. The van der Waals surface area contributed by atoms with Crippen LogP contribution < -0.4 is 4.74 Å². The minimum absolute atomic E-state index is 1.02. The van der Waals surface area contributed by atoms with Gasteiger partial charge in [0.2, 0.25) is 0 Å². The maximum Gasteiger partial charge on any atom is 0.132 e. The first-order valence-corrected chi connectivity index (χ1v) is 11.2. The van der Waals surface area contributed by atoms with Crippen LogP contribution in [0.3, 0.4) is 0 Å². The number of unbranched alkanes of at least 4 members (excludes halogenated alkanes) is 12. The lowest BCUT2D eigenvalue weighted by molar-refractivity contribution is 0.411. The number of hydrogen-bond donors (Lipinski definition) is 0. The summed E-state index contributed by atoms with van der Waals surface area (Å²) < 4.78 is 6.60. The molecule has 1 rings (SSSR count). The van der Waals surface area contributed by atoms with Crippen LogP contribution in [0.4, 0.5) is 0 Å². The van der Waals surface area contributed by atoms with E-state index >= 15 is 0 Å². The molecular weight excluding hydrogens is 407 g/mol. The molecule has 0 aliphatic rings. The van der Waals surface area contributed by atoms with Gasteiger partial charge in [-0.1, -0.05) is 90.0 Å². The predicted octanol–water partition coefficient (Wildman–Crippen LogP) is 7.93. The second-order valence-electron chi connectivity index (χ2n) is 6.96. The van der Waals surface area contributed by atoms with Crippen molar-refractivity contribution in [3.05, 3.63) is 27.3 Å². The molecule has 0 saturated carbocycles. The summed E-state index contributed by atoms with van der Waals surface area (Å²) in [6.07, 6.45) is 19.6. The summed E-state index contributed by atoms with van der Waals surface area (Å²) in [5, 5.41) is 0. The standard InChI is InChI=1S/C22H37IO/c1-3-4-5-6-7-8-9-10-11-12-13-14-15-16-20-17-18-21(23)22(19-20)24-2/h17-19H,3-16H2,1-2H3. The monoisotopic (exact) mass is 444 g/mol. The highest BCUT2D eigenvalue weighted by molar-refractivity contribution is 14.1. The quantitative estimate of drug-likeness (QED) is 0.197. The second-order valence-corrected chi connectivity index (χ2v) is 8.12. The molecule has 0 aromatic heterocycles. The SMILES string of the molecule is CCCCCCCCCCCCCCCc1ccc(I)c(OC)c1. The first kappa shape index (κ1) is 21.8. The Hall–Kier alpha value is -0.250. The number of ether oxygens (including phenoxy) is 1. The van der Waals surface area contributed by atoms with Crippen molar-refractivity contribution in [1.82, 2.24) is 0 Å². The van der Waals surface area contributed by atoms with E-state index in [1.54, 1.807) is 7.11 Å². The molecule has 1 aromatic carbocycles. The van der Waals surface area contributed by atoms with Gasteiger partial charge in [-0.15, -0.1) is 0 Å². The fourth-order valence-electron chi connectivity index (χ4n) is 3.21. The molecule has 0 heterocycles. The van der Waals surface area contributed by atoms with E-state index in [1.165, 1.54) is 99.0 Å². The Morgan fingerprint density at radius 1 is 0.750 bits per heavy atom. The van der Waals surface area contributed by atoms with E-state index in [1.807, 2.05) is 0 Å². The van der Waals surface area contributed by atoms with Crippen molar-refractivity contribution >= 4 is 22.6 Å². The van der Waals surface area contributed by atoms with Gasteiger partial charge in [0.05, 0.1) is 10.7 Å². The molecule has 0 unspecified atom stereocenters. The Morgan fingerprint density at radius 3 is 1.75 bits per heavy atom. The molecule has 2 heteroatoms. The molecular formula is C22H37IO. The van der Waals surface area contributed by atoms with Gasteiger partial charge in [-0.25, -0.2) is 0 Å². The average molecular weight is 444 g/mol. The normalized spacial score (nSPS) is 11.0. The first-order chi connectivity index (χ1) is 11.8. The van der Waals surface area contributed by atoms with E-state index in [-0.39, 0.29) is 0 Å². The minimum atomic E-state index is 1.02. The summed E-state index contributed by atoms with van der Waals surface area (Å²) in [4.78, 5) is 0. The molecule has 0 atom stereocenters. The van der Waals surface area contributed by atoms with Crippen molar-refractivity contribution in [3.8, 4) is 5.75 Å². The summed E-state index contributed by atoms with van der Waals surface area (Å²) in [6.45, 7) is 2.29. The lowest BCUT2D eigenvalue weighted by atomic mass is 10.0. The summed E-state index contributed by atoms with van der Waals surface area (Å²) in [5.74, 6) is 1.02. The van der Waals surface area contributed by atoms with E-state index < -0.39 is 0 Å². The lowest BCUT2D eigenvalue weighted by Gasteiger charge is -2.07. The van der Waals surface area contributed by atoms with Crippen LogP contribution in [0.15, 0.2) is 18.2 Å². The molecule has 0 saturated heterocycles. The zero-order chi connectivity index (χ0) is 17.5. The third-order valence-corrected chi connectivity index (χ3v) is 5.68. The Balaban J connectivity index is 1.90. The number of hydrogen-bond acceptors (Lipinski definition) is 1. The van der Waals surface area contributed by atoms with Gasteiger partial charge in [0.25, 0.3) is 0 Å². The number of rotatable bonds is 15. The average Bonchev–Trinajstić information content (AvgIpc) is 2.60. The van der Waals surface area contributed by atoms with Gasteiger partial charge in [0, 0.05) is 0 Å². The third-order valence-electron chi connectivity index (χ3n) is 4.78. The molecule has 24 heavy (non-hydrogen) atoms. The largest absolute Gasteiger partial charge is 0.496 e. The lowest BCUT2D eigenvalue weighted by Crippen LogP contribution is -1.91. The van der Waals surface area contributed by atoms with Crippen LogP contribution in [0.2, 0.25) is 0 Å². The van der Waals surface area contributed by atoms with Gasteiger partial charge in [-0.05, 0) is 53.1 Å². The van der Waals surface area contributed by atoms with Gasteiger partial charge < -0.3 is 4.74 Å². The number of aryl methyl sites for hydroxylation is 1. The van der Waals surface area contributed by atoms with Gasteiger partial charge in [-0.3, -0.25) is 0 Å². The van der Waals surface area contributed by atoms with Gasteiger partial charge >= 0.3 is 0 Å². The Labute approximate surface area is 164 Å². The molecule has 0 radical (unpaired) electrons. The fourth-order valence-corrected chi connectivity index (χ4v) is 3.76. The van der Waals surface area contributed by atoms with Crippen molar-refractivity contribution in [2.24, 2.45) is 0 Å². The van der Waals surface area contributed by atoms with Crippen LogP contribution >= 0.6 is 22.6 Å². The Bertz CT molecular complexity index is 416. The molecule has 0 fully saturated rings. The van der Waals surface area contributed by atoms with Crippen LogP contribution in [-0.4, -0.2) is 7.11 Å². The van der Waals surface area contributed by atoms with Crippen molar-refractivity contribution in [3.63, 3.8) is 0 Å². The fraction of sp³-hybridized carbons (Fsp3) is 0.727. The van der Waals surface area contributed by atoms with Gasteiger partial charge in [-0.2, -0.15) is 0 Å². The topological polar surface area (TPSA) is 9.23 Å². The summed E-state index contributed by atoms with van der Waals surface area (Å²) in [5.41, 5.74) is 1.41. The number of methoxy groups -OCH3 is 1. The highest BCUT2D eigenvalue weighted by Gasteiger charge is 2.01. The van der Waals surface area contributed by atoms with Crippen molar-refractivity contribution < 1.29 is 4.74 Å². The van der Waals surface area contributed by atoms with E-state index in [9.17, 15) is 0 Å². The Morgan fingerprint density at radius 2 is 1.25 bits per heavy atom. The van der Waals surface area contributed by atoms with E-state index in [0.717, 1.165) is 5.75 Å². The number of halogens is 1. The van der Waals surface area contributed by atoms with Crippen molar-refractivity contribution in [2.45, 2.75) is 96.8 Å². The first-order valence-electron chi connectivity index (χ1n) is 10.1. The Kier molecular flexibility index (Phi) is 13.7. The molecule has 0 amide bonds. The molecule has 0 aliphatic carbocycles. The van der Waals surface area contributed by atoms with Crippen LogP contribution in [0.25, 0.3) is 0 Å². The highest BCUT2D eigenvalue weighted by Crippen LogP contribution is 2.23.